The minimum absolute atomic E-state index is 0.0240. The maximum atomic E-state index is 11.9. The van der Waals surface area contributed by atoms with Crippen LogP contribution >= 0.6 is 11.6 Å². The van der Waals surface area contributed by atoms with Crippen molar-refractivity contribution in [1.29, 1.82) is 0 Å². The van der Waals surface area contributed by atoms with Gasteiger partial charge in [-0.25, -0.2) is 4.79 Å². The van der Waals surface area contributed by atoms with Gasteiger partial charge < -0.3 is 16.2 Å². The molecule has 1 aromatic rings. The molecule has 0 bridgehead atoms. The summed E-state index contributed by atoms with van der Waals surface area (Å²) in [7, 11) is 0. The van der Waals surface area contributed by atoms with Crippen molar-refractivity contribution in [2.24, 2.45) is 11.7 Å². The van der Waals surface area contributed by atoms with Crippen molar-refractivity contribution in [2.45, 2.75) is 32.6 Å². The van der Waals surface area contributed by atoms with Gasteiger partial charge in [0.2, 0.25) is 5.91 Å². The number of halogens is 1. The molecule has 0 heterocycles. The Balaban J connectivity index is 2.59. The largest absolute Gasteiger partial charge is 0.478 e. The maximum Gasteiger partial charge on any atom is 0.337 e. The van der Waals surface area contributed by atoms with E-state index in [1.807, 2.05) is 0 Å². The topological polar surface area (TPSA) is 92.4 Å². The Hall–Kier alpha value is -1.59. The van der Waals surface area contributed by atoms with Crippen LogP contribution in [0.4, 0.5) is 5.69 Å². The summed E-state index contributed by atoms with van der Waals surface area (Å²) in [5.41, 5.74) is 5.94. The van der Waals surface area contributed by atoms with Gasteiger partial charge in [-0.1, -0.05) is 24.9 Å². The van der Waals surface area contributed by atoms with Gasteiger partial charge in [0.05, 0.1) is 10.6 Å². The molecule has 0 aliphatic heterocycles. The second kappa shape index (κ2) is 8.64. The standard InChI is InChI=1S/C15H21ClN2O3/c1-2-10(7-8-17)3-6-14(19)18-11-4-5-13(16)12(9-11)15(20)21/h4-5,9-10H,2-3,6-8,17H2,1H3,(H,18,19)(H,20,21). The third-order valence-electron chi connectivity index (χ3n) is 3.41. The average Bonchev–Trinajstić information content (AvgIpc) is 2.45. The normalized spacial score (nSPS) is 12.0. The molecule has 116 valence electrons. The quantitative estimate of drug-likeness (QED) is 0.687. The number of benzene rings is 1. The van der Waals surface area contributed by atoms with Gasteiger partial charge in [-0.05, 0) is 43.5 Å². The zero-order chi connectivity index (χ0) is 15.8. The predicted molar refractivity (Wildman–Crippen MR) is 83.7 cm³/mol. The van der Waals surface area contributed by atoms with E-state index >= 15 is 0 Å². The van der Waals surface area contributed by atoms with Gasteiger partial charge in [0.15, 0.2) is 0 Å². The number of carboxylic acid groups (broad SMARTS) is 1. The second-order valence-electron chi connectivity index (χ2n) is 4.94. The summed E-state index contributed by atoms with van der Waals surface area (Å²) < 4.78 is 0. The van der Waals surface area contributed by atoms with E-state index < -0.39 is 5.97 Å². The summed E-state index contributed by atoms with van der Waals surface area (Å²) in [6.45, 7) is 2.70. The Morgan fingerprint density at radius 1 is 1.38 bits per heavy atom. The predicted octanol–water partition coefficient (Wildman–Crippen LogP) is 3.13. The molecule has 0 aliphatic carbocycles. The molecule has 0 aromatic heterocycles. The fraction of sp³-hybridized carbons (Fsp3) is 0.467. The van der Waals surface area contributed by atoms with Crippen molar-refractivity contribution < 1.29 is 14.7 Å². The first-order valence-corrected chi connectivity index (χ1v) is 7.38. The number of hydrogen-bond donors (Lipinski definition) is 3. The Morgan fingerprint density at radius 2 is 2.10 bits per heavy atom. The minimum atomic E-state index is -1.12. The Bertz CT molecular complexity index is 506. The Kier molecular flexibility index (Phi) is 7.19. The number of amides is 1. The molecule has 1 amide bonds. The molecule has 4 N–H and O–H groups in total. The molecular weight excluding hydrogens is 292 g/mol. The molecule has 0 radical (unpaired) electrons. The Morgan fingerprint density at radius 3 is 2.67 bits per heavy atom. The summed E-state index contributed by atoms with van der Waals surface area (Å²) in [4.78, 5) is 22.9. The van der Waals surface area contributed by atoms with Crippen LogP contribution in [-0.2, 0) is 4.79 Å². The molecule has 0 fully saturated rings. The molecular formula is C15H21ClN2O3. The van der Waals surface area contributed by atoms with E-state index in [2.05, 4.69) is 12.2 Å². The third kappa shape index (κ3) is 5.73. The lowest BCUT2D eigenvalue weighted by Gasteiger charge is -2.13. The molecule has 6 heteroatoms. The van der Waals surface area contributed by atoms with E-state index in [-0.39, 0.29) is 16.5 Å². The number of nitrogens with two attached hydrogens (primary N) is 1. The van der Waals surface area contributed by atoms with Gasteiger partial charge in [0.1, 0.15) is 0 Å². The van der Waals surface area contributed by atoms with Gasteiger partial charge in [0, 0.05) is 12.1 Å². The lowest BCUT2D eigenvalue weighted by atomic mass is 9.96. The van der Waals surface area contributed by atoms with E-state index in [1.54, 1.807) is 6.07 Å². The molecule has 0 spiro atoms. The number of anilines is 1. The van der Waals surface area contributed by atoms with Crippen LogP contribution in [0.2, 0.25) is 5.02 Å². The highest BCUT2D eigenvalue weighted by Crippen LogP contribution is 2.21. The highest BCUT2D eigenvalue weighted by molar-refractivity contribution is 6.33. The van der Waals surface area contributed by atoms with Crippen LogP contribution in [0.15, 0.2) is 18.2 Å². The van der Waals surface area contributed by atoms with E-state index in [0.29, 0.717) is 24.6 Å². The first-order valence-electron chi connectivity index (χ1n) is 7.00. The first kappa shape index (κ1) is 17.5. The SMILES string of the molecule is CCC(CCN)CCC(=O)Nc1ccc(Cl)c(C(=O)O)c1. The molecule has 0 saturated heterocycles. The van der Waals surface area contributed by atoms with Gasteiger partial charge >= 0.3 is 5.97 Å². The molecule has 0 saturated carbocycles. The van der Waals surface area contributed by atoms with Crippen molar-refractivity contribution in [3.05, 3.63) is 28.8 Å². The number of carboxylic acids is 1. The number of nitrogens with one attached hydrogen (secondary N) is 1. The smallest absolute Gasteiger partial charge is 0.337 e. The fourth-order valence-electron chi connectivity index (χ4n) is 2.11. The van der Waals surface area contributed by atoms with Crippen LogP contribution in [0, 0.1) is 5.92 Å². The van der Waals surface area contributed by atoms with E-state index in [4.69, 9.17) is 22.4 Å². The lowest BCUT2D eigenvalue weighted by molar-refractivity contribution is -0.116. The highest BCUT2D eigenvalue weighted by Gasteiger charge is 2.12. The second-order valence-corrected chi connectivity index (χ2v) is 5.35. The van der Waals surface area contributed by atoms with E-state index in [9.17, 15) is 9.59 Å². The number of carbonyl (C=O) groups is 2. The number of rotatable bonds is 8. The van der Waals surface area contributed by atoms with Crippen LogP contribution in [0.1, 0.15) is 43.0 Å². The molecule has 1 rings (SSSR count). The minimum Gasteiger partial charge on any atom is -0.478 e. The molecule has 1 aromatic carbocycles. The van der Waals surface area contributed by atoms with Crippen LogP contribution in [0.3, 0.4) is 0 Å². The van der Waals surface area contributed by atoms with Crippen molar-refractivity contribution in [3.8, 4) is 0 Å². The lowest BCUT2D eigenvalue weighted by Crippen LogP contribution is -2.15. The van der Waals surface area contributed by atoms with Crippen molar-refractivity contribution in [1.82, 2.24) is 0 Å². The van der Waals surface area contributed by atoms with Gasteiger partial charge in [-0.15, -0.1) is 0 Å². The van der Waals surface area contributed by atoms with Crippen LogP contribution < -0.4 is 11.1 Å². The average molecular weight is 313 g/mol. The fourth-order valence-corrected chi connectivity index (χ4v) is 2.31. The van der Waals surface area contributed by atoms with E-state index in [1.165, 1.54) is 12.1 Å². The number of hydrogen-bond acceptors (Lipinski definition) is 3. The van der Waals surface area contributed by atoms with Crippen molar-refractivity contribution >= 4 is 29.2 Å². The van der Waals surface area contributed by atoms with Crippen molar-refractivity contribution in [3.63, 3.8) is 0 Å². The molecule has 1 atom stereocenters. The zero-order valence-corrected chi connectivity index (χ0v) is 12.8. The summed E-state index contributed by atoms with van der Waals surface area (Å²) in [6.07, 6.45) is 3.07. The third-order valence-corrected chi connectivity index (χ3v) is 3.74. The first-order chi connectivity index (χ1) is 9.97. The van der Waals surface area contributed by atoms with E-state index in [0.717, 1.165) is 19.3 Å². The number of carbonyl (C=O) groups excluding carboxylic acids is 1. The summed E-state index contributed by atoms with van der Waals surface area (Å²) in [5, 5.41) is 11.8. The van der Waals surface area contributed by atoms with Gasteiger partial charge in [0.25, 0.3) is 0 Å². The molecule has 5 nitrogen and oxygen atoms in total. The van der Waals surface area contributed by atoms with Crippen molar-refractivity contribution in [2.75, 3.05) is 11.9 Å². The van der Waals surface area contributed by atoms with Gasteiger partial charge in [-0.3, -0.25) is 4.79 Å². The zero-order valence-electron chi connectivity index (χ0n) is 12.1. The molecule has 21 heavy (non-hydrogen) atoms. The van der Waals surface area contributed by atoms with Crippen LogP contribution in [-0.4, -0.2) is 23.5 Å². The molecule has 0 aliphatic rings. The van der Waals surface area contributed by atoms with Crippen LogP contribution in [0.5, 0.6) is 0 Å². The number of aromatic carboxylic acids is 1. The maximum absolute atomic E-state index is 11.9. The summed E-state index contributed by atoms with van der Waals surface area (Å²) in [5.74, 6) is -0.810. The van der Waals surface area contributed by atoms with Crippen LogP contribution in [0.25, 0.3) is 0 Å². The highest BCUT2D eigenvalue weighted by atomic mass is 35.5. The monoisotopic (exact) mass is 312 g/mol. The summed E-state index contributed by atoms with van der Waals surface area (Å²) >= 11 is 5.78. The van der Waals surface area contributed by atoms with Gasteiger partial charge in [-0.2, -0.15) is 0 Å². The molecule has 1 unspecified atom stereocenters. The summed E-state index contributed by atoms with van der Waals surface area (Å²) in [6, 6.07) is 4.41. The Labute approximate surface area is 129 Å².